The highest BCUT2D eigenvalue weighted by Crippen LogP contribution is 2.16. The molecule has 5 heteroatoms. The van der Waals surface area contributed by atoms with Crippen molar-refractivity contribution in [2.75, 3.05) is 5.75 Å². The number of benzene rings is 2. The number of carbonyl (C=O) groups excluding carboxylic acids is 1. The van der Waals surface area contributed by atoms with Gasteiger partial charge in [0.25, 0.3) is 5.03 Å². The maximum Gasteiger partial charge on any atom is 0.251 e. The first-order chi connectivity index (χ1) is 12.7. The highest BCUT2D eigenvalue weighted by molar-refractivity contribution is 7.99. The van der Waals surface area contributed by atoms with Crippen molar-refractivity contribution in [3.8, 4) is 0 Å². The summed E-state index contributed by atoms with van der Waals surface area (Å²) in [6, 6.07) is 25.1. The molecule has 0 unspecified atom stereocenters. The van der Waals surface area contributed by atoms with Gasteiger partial charge in [0.2, 0.25) is 5.91 Å². The summed E-state index contributed by atoms with van der Waals surface area (Å²) in [6.07, 6.45) is 1.44. The second-order valence-corrected chi connectivity index (χ2v) is 6.87. The third kappa shape index (κ3) is 5.10. The van der Waals surface area contributed by atoms with Gasteiger partial charge in [0.1, 0.15) is 0 Å². The van der Waals surface area contributed by atoms with Gasteiger partial charge in [-0.15, -0.1) is 0 Å². The first kappa shape index (κ1) is 18.0. The number of nitrogens with zero attached hydrogens (tertiary/aromatic N) is 2. The van der Waals surface area contributed by atoms with Gasteiger partial charge in [-0.25, -0.2) is 0 Å². The Kier molecular flexibility index (Phi) is 6.28. The van der Waals surface area contributed by atoms with Crippen LogP contribution in [0.25, 0.3) is 0 Å². The summed E-state index contributed by atoms with van der Waals surface area (Å²) in [5.41, 5.74) is 2.17. The molecule has 0 saturated heterocycles. The van der Waals surface area contributed by atoms with E-state index in [2.05, 4.69) is 0 Å². The molecule has 1 heterocycles. The normalized spacial score (nSPS) is 10.5. The van der Waals surface area contributed by atoms with Crippen LogP contribution in [0.5, 0.6) is 0 Å². The molecule has 0 fully saturated rings. The third-order valence-corrected chi connectivity index (χ3v) is 4.92. The van der Waals surface area contributed by atoms with Gasteiger partial charge in [-0.1, -0.05) is 60.7 Å². The molecule has 3 aromatic rings. The fraction of sp³-hybridized carbons (Fsp3) is 0.143. The lowest BCUT2D eigenvalue weighted by Crippen LogP contribution is -2.33. The third-order valence-electron chi connectivity index (χ3n) is 3.92. The number of hydrogen-bond acceptors (Lipinski definition) is 3. The lowest BCUT2D eigenvalue weighted by atomic mass is 10.1. The quantitative estimate of drug-likeness (QED) is 0.365. The molecule has 0 aliphatic carbocycles. The molecule has 26 heavy (non-hydrogen) atoms. The molecular formula is C21H20N2O2S. The molecule has 4 nitrogen and oxygen atoms in total. The average molecular weight is 364 g/mol. The van der Waals surface area contributed by atoms with Gasteiger partial charge in [-0.3, -0.25) is 4.79 Å². The van der Waals surface area contributed by atoms with Crippen molar-refractivity contribution in [1.29, 1.82) is 0 Å². The summed E-state index contributed by atoms with van der Waals surface area (Å²) in [7, 11) is 0. The largest absolute Gasteiger partial charge is 0.618 e. The van der Waals surface area contributed by atoms with E-state index in [0.29, 0.717) is 18.1 Å². The van der Waals surface area contributed by atoms with Gasteiger partial charge in [-0.2, -0.15) is 4.73 Å². The SMILES string of the molecule is O=C(CSc1cccc[n+]1[O-])N(Cc1ccccc1)Cc1ccccc1. The molecule has 0 aliphatic heterocycles. The second-order valence-electron chi connectivity index (χ2n) is 5.87. The van der Waals surface area contributed by atoms with Crippen LogP contribution in [0.15, 0.2) is 90.1 Å². The minimum Gasteiger partial charge on any atom is -0.618 e. The van der Waals surface area contributed by atoms with Crippen molar-refractivity contribution >= 4 is 17.7 Å². The first-order valence-electron chi connectivity index (χ1n) is 8.39. The number of amides is 1. The number of aromatic nitrogens is 1. The molecule has 0 saturated carbocycles. The Labute approximate surface area is 157 Å². The molecule has 0 radical (unpaired) electrons. The zero-order chi connectivity index (χ0) is 18.2. The van der Waals surface area contributed by atoms with E-state index < -0.39 is 0 Å². The Morgan fingerprint density at radius 2 is 1.38 bits per heavy atom. The predicted molar refractivity (Wildman–Crippen MR) is 103 cm³/mol. The van der Waals surface area contributed by atoms with Crippen LogP contribution in [0, 0.1) is 5.21 Å². The highest BCUT2D eigenvalue weighted by atomic mass is 32.2. The number of pyridine rings is 1. The fourth-order valence-corrected chi connectivity index (χ4v) is 3.41. The highest BCUT2D eigenvalue weighted by Gasteiger charge is 2.17. The predicted octanol–water partition coefficient (Wildman–Crippen LogP) is 3.64. The van der Waals surface area contributed by atoms with Crippen LogP contribution < -0.4 is 4.73 Å². The van der Waals surface area contributed by atoms with Gasteiger partial charge in [0.15, 0.2) is 6.20 Å². The summed E-state index contributed by atoms with van der Waals surface area (Å²) < 4.78 is 0.788. The molecule has 0 N–H and O–H groups in total. The van der Waals surface area contributed by atoms with Crippen LogP contribution in [0.3, 0.4) is 0 Å². The summed E-state index contributed by atoms with van der Waals surface area (Å²) in [5.74, 6) is 0.234. The molecule has 0 bridgehead atoms. The summed E-state index contributed by atoms with van der Waals surface area (Å²) >= 11 is 1.26. The van der Waals surface area contributed by atoms with Crippen LogP contribution in [0.4, 0.5) is 0 Å². The number of hydrogen-bond donors (Lipinski definition) is 0. The van der Waals surface area contributed by atoms with Crippen molar-refractivity contribution in [3.63, 3.8) is 0 Å². The van der Waals surface area contributed by atoms with E-state index in [-0.39, 0.29) is 11.7 Å². The summed E-state index contributed by atoms with van der Waals surface area (Å²) in [5, 5.41) is 12.3. The molecular weight excluding hydrogens is 344 g/mol. The standard InChI is InChI=1S/C21H20N2O2S/c24-20(17-26-21-13-7-8-14-23(21)25)22(15-18-9-3-1-4-10-18)16-19-11-5-2-6-12-19/h1-14H,15-17H2. The number of rotatable bonds is 7. The molecule has 0 aliphatic rings. The number of carbonyl (C=O) groups is 1. The maximum atomic E-state index is 12.8. The van der Waals surface area contributed by atoms with Crippen molar-refractivity contribution in [2.45, 2.75) is 18.1 Å². The van der Waals surface area contributed by atoms with Gasteiger partial charge in [-0.05, 0) is 29.0 Å². The fourth-order valence-electron chi connectivity index (χ4n) is 2.59. The van der Waals surface area contributed by atoms with Crippen molar-refractivity contribution in [1.82, 2.24) is 4.90 Å². The van der Waals surface area contributed by atoms with Crippen LogP contribution in [0.2, 0.25) is 0 Å². The van der Waals surface area contributed by atoms with E-state index >= 15 is 0 Å². The van der Waals surface area contributed by atoms with E-state index in [1.54, 1.807) is 18.2 Å². The summed E-state index contributed by atoms with van der Waals surface area (Å²) in [6.45, 7) is 1.09. The second kappa shape index (κ2) is 9.06. The lowest BCUT2D eigenvalue weighted by Gasteiger charge is -2.23. The summed E-state index contributed by atoms with van der Waals surface area (Å²) in [4.78, 5) is 14.7. The molecule has 3 rings (SSSR count). The Bertz CT molecular complexity index is 799. The minimum atomic E-state index is 0.00607. The van der Waals surface area contributed by atoms with E-state index in [1.165, 1.54) is 18.0 Å². The Balaban J connectivity index is 1.71. The molecule has 132 valence electrons. The van der Waals surface area contributed by atoms with Gasteiger partial charge in [0, 0.05) is 25.2 Å². The van der Waals surface area contributed by atoms with E-state index in [1.807, 2.05) is 65.6 Å². The smallest absolute Gasteiger partial charge is 0.251 e. The van der Waals surface area contributed by atoms with Crippen molar-refractivity contribution < 1.29 is 9.52 Å². The molecule has 0 atom stereocenters. The Hall–Kier alpha value is -2.79. The van der Waals surface area contributed by atoms with Crippen LogP contribution in [0.1, 0.15) is 11.1 Å². The van der Waals surface area contributed by atoms with E-state index in [0.717, 1.165) is 15.9 Å². The zero-order valence-electron chi connectivity index (χ0n) is 14.3. The van der Waals surface area contributed by atoms with E-state index in [4.69, 9.17) is 0 Å². The van der Waals surface area contributed by atoms with Gasteiger partial charge < -0.3 is 10.1 Å². The number of thioether (sulfide) groups is 1. The zero-order valence-corrected chi connectivity index (χ0v) is 15.1. The maximum absolute atomic E-state index is 12.8. The Morgan fingerprint density at radius 3 is 1.92 bits per heavy atom. The van der Waals surface area contributed by atoms with Crippen LogP contribution in [-0.4, -0.2) is 16.6 Å². The monoisotopic (exact) mass is 364 g/mol. The molecule has 0 spiro atoms. The average Bonchev–Trinajstić information content (AvgIpc) is 2.68. The molecule has 1 aromatic heterocycles. The van der Waals surface area contributed by atoms with Crippen LogP contribution >= 0.6 is 11.8 Å². The molecule has 2 aromatic carbocycles. The van der Waals surface area contributed by atoms with Crippen LogP contribution in [-0.2, 0) is 17.9 Å². The van der Waals surface area contributed by atoms with Crippen molar-refractivity contribution in [3.05, 3.63) is 101 Å². The van der Waals surface area contributed by atoms with Crippen molar-refractivity contribution in [2.24, 2.45) is 0 Å². The Morgan fingerprint density at radius 1 is 0.846 bits per heavy atom. The first-order valence-corrected chi connectivity index (χ1v) is 9.37. The molecule has 1 amide bonds. The topological polar surface area (TPSA) is 47.2 Å². The minimum absolute atomic E-state index is 0.00607. The van der Waals surface area contributed by atoms with E-state index in [9.17, 15) is 10.0 Å². The van der Waals surface area contributed by atoms with Gasteiger partial charge >= 0.3 is 0 Å². The van der Waals surface area contributed by atoms with Gasteiger partial charge in [0.05, 0.1) is 5.75 Å². The lowest BCUT2D eigenvalue weighted by molar-refractivity contribution is -0.645.